The van der Waals surface area contributed by atoms with Gasteiger partial charge >= 0.3 is 0 Å². The highest BCUT2D eigenvalue weighted by atomic mass is 127. The van der Waals surface area contributed by atoms with Gasteiger partial charge in [-0.2, -0.15) is 0 Å². The minimum absolute atomic E-state index is 0. The highest BCUT2D eigenvalue weighted by molar-refractivity contribution is 14.0. The molecule has 0 aromatic carbocycles. The maximum Gasteiger partial charge on any atom is 0.191 e. The van der Waals surface area contributed by atoms with Gasteiger partial charge in [-0.3, -0.25) is 4.99 Å². The van der Waals surface area contributed by atoms with Crippen molar-refractivity contribution in [1.82, 2.24) is 10.6 Å². The van der Waals surface area contributed by atoms with Crippen molar-refractivity contribution >= 4 is 29.9 Å². The summed E-state index contributed by atoms with van der Waals surface area (Å²) in [7, 11) is 0. The molecule has 0 radical (unpaired) electrons. The van der Waals surface area contributed by atoms with Crippen molar-refractivity contribution in [2.75, 3.05) is 26.3 Å². The SMILES string of the molecule is CCCCCC(C)NC(=NCCOCC)NCC.I. The maximum absolute atomic E-state index is 5.28. The van der Waals surface area contributed by atoms with Crippen LogP contribution in [0, 0.1) is 0 Å². The van der Waals surface area contributed by atoms with Crippen molar-refractivity contribution in [1.29, 1.82) is 0 Å². The summed E-state index contributed by atoms with van der Waals surface area (Å²) in [6, 6.07) is 0.474. The van der Waals surface area contributed by atoms with Crippen LogP contribution in [0.1, 0.15) is 53.4 Å². The van der Waals surface area contributed by atoms with Crippen LogP contribution >= 0.6 is 24.0 Å². The van der Waals surface area contributed by atoms with E-state index >= 15 is 0 Å². The average Bonchev–Trinajstić information content (AvgIpc) is 2.35. The van der Waals surface area contributed by atoms with E-state index in [2.05, 4.69) is 36.4 Å². The molecular weight excluding hydrogens is 353 g/mol. The lowest BCUT2D eigenvalue weighted by Crippen LogP contribution is -2.42. The monoisotopic (exact) mass is 385 g/mol. The zero-order chi connectivity index (χ0) is 13.6. The van der Waals surface area contributed by atoms with E-state index in [-0.39, 0.29) is 24.0 Å². The molecule has 0 aromatic rings. The normalized spacial score (nSPS) is 12.7. The van der Waals surface area contributed by atoms with E-state index in [1.54, 1.807) is 0 Å². The van der Waals surface area contributed by atoms with Gasteiger partial charge in [-0.1, -0.05) is 26.2 Å². The number of nitrogens with one attached hydrogen (secondary N) is 2. The van der Waals surface area contributed by atoms with Gasteiger partial charge in [-0.05, 0) is 27.2 Å². The lowest BCUT2D eigenvalue weighted by molar-refractivity contribution is 0.155. The number of nitrogens with zero attached hydrogens (tertiary/aromatic N) is 1. The average molecular weight is 385 g/mol. The minimum Gasteiger partial charge on any atom is -0.380 e. The summed E-state index contributed by atoms with van der Waals surface area (Å²) < 4.78 is 5.28. The molecular formula is C14H32IN3O. The second-order valence-corrected chi connectivity index (χ2v) is 4.50. The van der Waals surface area contributed by atoms with Crippen LogP contribution in [0.15, 0.2) is 4.99 Å². The Morgan fingerprint density at radius 1 is 1.21 bits per heavy atom. The maximum atomic E-state index is 5.28. The topological polar surface area (TPSA) is 45.7 Å². The van der Waals surface area contributed by atoms with Crippen LogP contribution in [-0.2, 0) is 4.74 Å². The minimum atomic E-state index is 0. The van der Waals surface area contributed by atoms with Gasteiger partial charge in [0.2, 0.25) is 0 Å². The Balaban J connectivity index is 0. The number of hydrogen-bond acceptors (Lipinski definition) is 2. The molecule has 2 N–H and O–H groups in total. The lowest BCUT2D eigenvalue weighted by atomic mass is 10.1. The van der Waals surface area contributed by atoms with Crippen molar-refractivity contribution < 1.29 is 4.74 Å². The van der Waals surface area contributed by atoms with E-state index in [1.165, 1.54) is 25.7 Å². The van der Waals surface area contributed by atoms with E-state index in [4.69, 9.17) is 4.74 Å². The Morgan fingerprint density at radius 2 is 1.95 bits per heavy atom. The van der Waals surface area contributed by atoms with E-state index in [0.717, 1.165) is 19.1 Å². The molecule has 0 fully saturated rings. The third-order valence-electron chi connectivity index (χ3n) is 2.68. The molecule has 19 heavy (non-hydrogen) atoms. The Bertz CT molecular complexity index is 213. The molecule has 0 aromatic heterocycles. The fraction of sp³-hybridized carbons (Fsp3) is 0.929. The summed E-state index contributed by atoms with van der Waals surface area (Å²) in [5, 5.41) is 6.70. The molecule has 0 amide bonds. The van der Waals surface area contributed by atoms with E-state index < -0.39 is 0 Å². The molecule has 0 saturated heterocycles. The van der Waals surface area contributed by atoms with Crippen molar-refractivity contribution in [2.45, 2.75) is 59.4 Å². The smallest absolute Gasteiger partial charge is 0.191 e. The molecule has 0 aliphatic heterocycles. The molecule has 116 valence electrons. The van der Waals surface area contributed by atoms with Crippen LogP contribution in [-0.4, -0.2) is 38.3 Å². The fourth-order valence-electron chi connectivity index (χ4n) is 1.69. The standard InChI is InChI=1S/C14H31N3O.HI/c1-5-8-9-10-13(4)17-14(15-6-2)16-11-12-18-7-3;/h13H,5-12H2,1-4H3,(H2,15,16,17);1H. The van der Waals surface area contributed by atoms with Crippen LogP contribution in [0.5, 0.6) is 0 Å². The van der Waals surface area contributed by atoms with Crippen LogP contribution in [0.25, 0.3) is 0 Å². The number of guanidine groups is 1. The Morgan fingerprint density at radius 3 is 2.53 bits per heavy atom. The first-order valence-electron chi connectivity index (χ1n) is 7.37. The van der Waals surface area contributed by atoms with E-state index in [0.29, 0.717) is 19.2 Å². The largest absolute Gasteiger partial charge is 0.380 e. The summed E-state index contributed by atoms with van der Waals surface area (Å²) in [5.74, 6) is 0.904. The number of hydrogen-bond donors (Lipinski definition) is 2. The summed E-state index contributed by atoms with van der Waals surface area (Å²) in [5.41, 5.74) is 0. The molecule has 0 aliphatic carbocycles. The molecule has 0 bridgehead atoms. The summed E-state index contributed by atoms with van der Waals surface area (Å²) in [6.07, 6.45) is 5.06. The molecule has 0 rings (SSSR count). The number of aliphatic imine (C=N–C) groups is 1. The molecule has 0 heterocycles. The summed E-state index contributed by atoms with van der Waals surface area (Å²) in [6.45, 7) is 11.6. The third kappa shape index (κ3) is 14.2. The summed E-state index contributed by atoms with van der Waals surface area (Å²) >= 11 is 0. The van der Waals surface area contributed by atoms with Gasteiger partial charge in [-0.15, -0.1) is 24.0 Å². The molecule has 0 saturated carbocycles. The number of rotatable bonds is 10. The Hall–Kier alpha value is -0.0400. The van der Waals surface area contributed by atoms with E-state index in [1.807, 2.05) is 6.92 Å². The quantitative estimate of drug-likeness (QED) is 0.263. The number of ether oxygens (including phenoxy) is 1. The highest BCUT2D eigenvalue weighted by Crippen LogP contribution is 2.02. The molecule has 4 nitrogen and oxygen atoms in total. The van der Waals surface area contributed by atoms with Crippen LogP contribution < -0.4 is 10.6 Å². The number of unbranched alkanes of at least 4 members (excludes halogenated alkanes) is 2. The zero-order valence-electron chi connectivity index (χ0n) is 13.0. The van der Waals surface area contributed by atoms with Crippen molar-refractivity contribution in [3.63, 3.8) is 0 Å². The van der Waals surface area contributed by atoms with Gasteiger partial charge < -0.3 is 15.4 Å². The second kappa shape index (κ2) is 16.0. The van der Waals surface area contributed by atoms with Gasteiger partial charge in [0.05, 0.1) is 13.2 Å². The number of halogens is 1. The van der Waals surface area contributed by atoms with Gasteiger partial charge in [0.25, 0.3) is 0 Å². The second-order valence-electron chi connectivity index (χ2n) is 4.50. The van der Waals surface area contributed by atoms with Gasteiger partial charge in [-0.25, -0.2) is 0 Å². The first-order valence-corrected chi connectivity index (χ1v) is 7.37. The molecule has 5 heteroatoms. The Kier molecular flexibility index (Phi) is 17.9. The fourth-order valence-corrected chi connectivity index (χ4v) is 1.69. The predicted octanol–water partition coefficient (Wildman–Crippen LogP) is 3.16. The lowest BCUT2D eigenvalue weighted by Gasteiger charge is -2.17. The predicted molar refractivity (Wildman–Crippen MR) is 94.6 cm³/mol. The first-order chi connectivity index (χ1) is 8.74. The highest BCUT2D eigenvalue weighted by Gasteiger charge is 2.04. The van der Waals surface area contributed by atoms with Crippen molar-refractivity contribution in [2.24, 2.45) is 4.99 Å². The third-order valence-corrected chi connectivity index (χ3v) is 2.68. The van der Waals surface area contributed by atoms with Crippen LogP contribution in [0.4, 0.5) is 0 Å². The van der Waals surface area contributed by atoms with Gasteiger partial charge in [0, 0.05) is 19.2 Å². The first kappa shape index (κ1) is 21.3. The summed E-state index contributed by atoms with van der Waals surface area (Å²) in [4.78, 5) is 4.49. The van der Waals surface area contributed by atoms with Gasteiger partial charge in [0.1, 0.15) is 0 Å². The molecule has 1 unspecified atom stereocenters. The molecule has 0 spiro atoms. The zero-order valence-corrected chi connectivity index (χ0v) is 15.3. The van der Waals surface area contributed by atoms with Crippen LogP contribution in [0.2, 0.25) is 0 Å². The Labute approximate surface area is 136 Å². The van der Waals surface area contributed by atoms with E-state index in [9.17, 15) is 0 Å². The molecule has 0 aliphatic rings. The van der Waals surface area contributed by atoms with Crippen molar-refractivity contribution in [3.8, 4) is 0 Å². The van der Waals surface area contributed by atoms with Gasteiger partial charge in [0.15, 0.2) is 5.96 Å². The van der Waals surface area contributed by atoms with Crippen molar-refractivity contribution in [3.05, 3.63) is 0 Å². The van der Waals surface area contributed by atoms with Crippen LogP contribution in [0.3, 0.4) is 0 Å². The molecule has 1 atom stereocenters.